The first-order chi connectivity index (χ1) is 39.4. The van der Waals surface area contributed by atoms with E-state index < -0.39 is 7.12 Å². The fourth-order valence-corrected chi connectivity index (χ4v) is 9.56. The number of aromatic nitrogens is 7. The summed E-state index contributed by atoms with van der Waals surface area (Å²) < 4.78 is 15.2. The van der Waals surface area contributed by atoms with Crippen LogP contribution in [0.3, 0.4) is 0 Å². The molecule has 0 bridgehead atoms. The number of amides is 1. The number of nitrogens with one attached hydrogen (secondary N) is 1. The Labute approximate surface area is 485 Å². The first-order valence-electron chi connectivity index (χ1n) is 26.4. The molecule has 0 spiro atoms. The molecule has 1 aliphatic heterocycles. The van der Waals surface area contributed by atoms with E-state index in [9.17, 15) is 14.4 Å². The van der Waals surface area contributed by atoms with E-state index in [1.54, 1.807) is 52.5 Å². The van der Waals surface area contributed by atoms with Crippen molar-refractivity contribution in [3.8, 4) is 33.8 Å². The van der Waals surface area contributed by atoms with Crippen LogP contribution in [0.2, 0.25) is 0 Å². The van der Waals surface area contributed by atoms with Crippen molar-refractivity contribution in [3.63, 3.8) is 0 Å². The van der Waals surface area contributed by atoms with E-state index >= 15 is 0 Å². The van der Waals surface area contributed by atoms with Gasteiger partial charge in [0, 0.05) is 81.7 Å². The van der Waals surface area contributed by atoms with E-state index in [-0.39, 0.29) is 17.5 Å². The van der Waals surface area contributed by atoms with Crippen LogP contribution >= 0.6 is 15.9 Å². The van der Waals surface area contributed by atoms with Gasteiger partial charge in [-0.15, -0.1) is 0 Å². The molecule has 416 valence electrons. The topological polar surface area (TPSA) is 209 Å². The molecule has 0 unspecified atom stereocenters. The van der Waals surface area contributed by atoms with Gasteiger partial charge in [-0.1, -0.05) is 84.9 Å². The highest BCUT2D eigenvalue weighted by Gasteiger charge is 2.16. The Kier molecular flexibility index (Phi) is 19.8. The fraction of sp³-hybridized carbons (Fsp3) is 0.203. The number of carbonyl (C=O) groups is 3. The second-order valence-corrected chi connectivity index (χ2v) is 20.7. The summed E-state index contributed by atoms with van der Waals surface area (Å²) in [5.74, 6) is 1.84. The van der Waals surface area contributed by atoms with Crippen molar-refractivity contribution in [2.45, 2.75) is 74.0 Å². The van der Waals surface area contributed by atoms with Gasteiger partial charge < -0.3 is 24.8 Å². The van der Waals surface area contributed by atoms with E-state index in [1.165, 1.54) is 18.6 Å². The van der Waals surface area contributed by atoms with Crippen LogP contribution in [0.25, 0.3) is 44.3 Å². The summed E-state index contributed by atoms with van der Waals surface area (Å²) in [4.78, 5) is 51.4. The van der Waals surface area contributed by atoms with E-state index in [0.717, 1.165) is 105 Å². The number of aliphatic imine (C=N–C) groups is 1. The Balaban J connectivity index is 0.000000149. The number of ether oxygens (including phenoxy) is 2. The lowest BCUT2D eigenvalue weighted by Gasteiger charge is -2.07. The van der Waals surface area contributed by atoms with Crippen molar-refractivity contribution in [1.82, 2.24) is 34.5 Å². The van der Waals surface area contributed by atoms with Gasteiger partial charge in [-0.25, -0.2) is 19.3 Å². The second-order valence-electron chi connectivity index (χ2n) is 19.8. The highest BCUT2D eigenvalue weighted by molar-refractivity contribution is 9.10. The summed E-state index contributed by atoms with van der Waals surface area (Å²) >= 11 is 3.45. The first-order valence-corrected chi connectivity index (χ1v) is 27.2. The number of hydrogen-bond donors (Lipinski definition) is 3. The SMILES string of the molecule is CC(=O)Cc1cccc(-c2cnc3c(c2)C(C)=NC3)c1.CC(=O)Nc1cccc(B(O)O)c1.COc1ccc(Cn2nc(C)c3cc(-c4cccc(CC(C)=O)c4)cnc32)cc1.COc1ccc(Cn2nc(C)c3cc(Br)cnc32)cc1. The van der Waals surface area contributed by atoms with Crippen LogP contribution in [-0.2, 0) is 46.9 Å². The van der Waals surface area contributed by atoms with Gasteiger partial charge in [0.05, 0.1) is 50.9 Å². The number of Topliss-reactive ketones (excluding diaryl/α,β-unsaturated/α-hetero) is 2. The largest absolute Gasteiger partial charge is 0.497 e. The minimum atomic E-state index is -1.51. The molecule has 16 nitrogen and oxygen atoms in total. The Morgan fingerprint density at radius 3 is 1.60 bits per heavy atom. The van der Waals surface area contributed by atoms with Crippen molar-refractivity contribution < 1.29 is 33.9 Å². The molecular formula is C64H63BBrN9O7. The number of fused-ring (bicyclic) bond motifs is 3. The van der Waals surface area contributed by atoms with Gasteiger partial charge in [-0.2, -0.15) is 10.2 Å². The van der Waals surface area contributed by atoms with E-state index in [1.807, 2.05) is 121 Å². The molecule has 0 aliphatic carbocycles. The predicted molar refractivity (Wildman–Crippen MR) is 327 cm³/mol. The van der Waals surface area contributed by atoms with Gasteiger partial charge in [-0.05, 0) is 144 Å². The zero-order valence-electron chi connectivity index (χ0n) is 47.0. The number of aryl methyl sites for hydroxylation is 2. The number of halogens is 1. The fourth-order valence-electron chi connectivity index (χ4n) is 9.23. The molecule has 18 heteroatoms. The summed E-state index contributed by atoms with van der Waals surface area (Å²) in [5.41, 5.74) is 16.5. The summed E-state index contributed by atoms with van der Waals surface area (Å²) in [5, 5.41) is 31.6. The van der Waals surface area contributed by atoms with Gasteiger partial charge in [0.1, 0.15) is 23.1 Å². The molecule has 0 fully saturated rings. The van der Waals surface area contributed by atoms with Gasteiger partial charge in [0.15, 0.2) is 11.3 Å². The molecule has 5 aromatic heterocycles. The molecule has 0 saturated carbocycles. The molecule has 10 aromatic rings. The minimum absolute atomic E-state index is 0.159. The predicted octanol–water partition coefficient (Wildman–Crippen LogP) is 10.7. The molecular weight excluding hydrogens is 1100 g/mol. The smallest absolute Gasteiger partial charge is 0.488 e. The maximum atomic E-state index is 11.4. The van der Waals surface area contributed by atoms with Crippen LogP contribution in [0.5, 0.6) is 11.5 Å². The number of benzene rings is 5. The normalized spacial score (nSPS) is 11.2. The molecule has 1 aliphatic rings. The van der Waals surface area contributed by atoms with Gasteiger partial charge in [0.2, 0.25) is 5.91 Å². The number of methoxy groups -OCH3 is 2. The lowest BCUT2D eigenvalue weighted by molar-refractivity contribution is -0.117. The first kappa shape index (κ1) is 59.2. The highest BCUT2D eigenvalue weighted by Crippen LogP contribution is 2.28. The zero-order valence-corrected chi connectivity index (χ0v) is 48.6. The minimum Gasteiger partial charge on any atom is -0.497 e. The third-order valence-electron chi connectivity index (χ3n) is 13.3. The molecule has 0 radical (unpaired) electrons. The van der Waals surface area contributed by atoms with Crippen LogP contribution in [0.4, 0.5) is 5.69 Å². The monoisotopic (exact) mass is 1160 g/mol. The molecule has 3 N–H and O–H groups in total. The average Bonchev–Trinajstić information content (AvgIpc) is 4.15. The van der Waals surface area contributed by atoms with E-state index in [0.29, 0.717) is 43.6 Å². The summed E-state index contributed by atoms with van der Waals surface area (Å²) in [7, 11) is 1.83. The van der Waals surface area contributed by atoms with Crippen LogP contribution in [0.1, 0.15) is 72.6 Å². The summed E-state index contributed by atoms with van der Waals surface area (Å²) in [6.07, 6.45) is 6.49. The zero-order chi connectivity index (χ0) is 58.5. The van der Waals surface area contributed by atoms with Crippen molar-refractivity contribution in [2.24, 2.45) is 4.99 Å². The van der Waals surface area contributed by atoms with Gasteiger partial charge in [-0.3, -0.25) is 24.4 Å². The van der Waals surface area contributed by atoms with Crippen molar-refractivity contribution >= 4 is 79.5 Å². The Morgan fingerprint density at radius 2 is 1.09 bits per heavy atom. The van der Waals surface area contributed by atoms with E-state index in [4.69, 9.17) is 29.6 Å². The van der Waals surface area contributed by atoms with Crippen molar-refractivity contribution in [3.05, 3.63) is 207 Å². The summed E-state index contributed by atoms with van der Waals surface area (Å²) in [6.45, 7) is 12.7. The molecule has 6 heterocycles. The van der Waals surface area contributed by atoms with Crippen LogP contribution in [0.15, 0.2) is 168 Å². The third kappa shape index (κ3) is 15.7. The maximum Gasteiger partial charge on any atom is 0.488 e. The van der Waals surface area contributed by atoms with Crippen LogP contribution in [-0.4, -0.2) is 89.1 Å². The highest BCUT2D eigenvalue weighted by atomic mass is 79.9. The number of anilines is 1. The Hall–Kier alpha value is -8.97. The van der Waals surface area contributed by atoms with E-state index in [2.05, 4.69) is 77.7 Å². The average molecular weight is 1160 g/mol. The lowest BCUT2D eigenvalue weighted by Crippen LogP contribution is -2.29. The molecule has 1 amide bonds. The Morgan fingerprint density at radius 1 is 0.585 bits per heavy atom. The van der Waals surface area contributed by atoms with Gasteiger partial charge >= 0.3 is 7.12 Å². The van der Waals surface area contributed by atoms with Crippen LogP contribution < -0.4 is 20.3 Å². The number of ketones is 2. The molecule has 0 atom stereocenters. The molecule has 5 aromatic carbocycles. The number of carbonyl (C=O) groups excluding carboxylic acids is 3. The number of pyridine rings is 3. The standard InChI is InChI=1S/C24H23N3O2.C17H16N2O.C15H14BrN3O.C8H10BNO3/c1-16(28)11-19-5-4-6-20(12-19)21-13-23-17(2)26-27(24(23)25-14-21)15-18-7-9-22(29-3)10-8-18;1-11(20)6-13-4-3-5-14(7-13)15-8-16-12(2)18-10-17(16)19-9-15;1-10-14-7-12(16)8-17-15(14)19(18-10)9-11-3-5-13(20-2)6-4-11;1-6(11)10-8-4-2-3-7(5-8)9(12)13/h4-10,12-14H,11,15H2,1-3H3;3-5,7-9H,6,10H2,1-2H3;3-8H,9H2,1-2H3;2-5,12-13H,1H3,(H,10,11). The lowest BCUT2D eigenvalue weighted by atomic mass is 9.80. The van der Waals surface area contributed by atoms with Crippen LogP contribution in [0, 0.1) is 13.8 Å². The molecule has 11 rings (SSSR count). The van der Waals surface area contributed by atoms with Crippen molar-refractivity contribution in [1.29, 1.82) is 0 Å². The second kappa shape index (κ2) is 27.5. The third-order valence-corrected chi connectivity index (χ3v) is 13.7. The number of hydrogen-bond acceptors (Lipinski definition) is 13. The van der Waals surface area contributed by atoms with Gasteiger partial charge in [0.25, 0.3) is 0 Å². The summed E-state index contributed by atoms with van der Waals surface area (Å²) in [6, 6.07) is 44.8. The maximum absolute atomic E-state index is 11.4. The number of nitrogens with zero attached hydrogens (tertiary/aromatic N) is 8. The number of rotatable bonds is 14. The quantitative estimate of drug-likeness (QED) is 0.0869. The molecule has 0 saturated heterocycles. The molecule has 82 heavy (non-hydrogen) atoms. The van der Waals surface area contributed by atoms with Crippen molar-refractivity contribution in [2.75, 3.05) is 19.5 Å². The Bertz CT molecular complexity index is 3940.